The molecule has 3 aromatic carbocycles. The van der Waals surface area contributed by atoms with E-state index in [1.165, 1.54) is 10.2 Å². The van der Waals surface area contributed by atoms with Crippen molar-refractivity contribution in [3.63, 3.8) is 0 Å². The van der Waals surface area contributed by atoms with Gasteiger partial charge in [-0.05, 0) is 61.7 Å². The molecule has 1 aromatic heterocycles. The van der Waals surface area contributed by atoms with Gasteiger partial charge in [-0.3, -0.25) is 4.79 Å². The Balaban J connectivity index is 1.73. The Morgan fingerprint density at radius 1 is 1.11 bits per heavy atom. The molecule has 1 heterocycles. The molecule has 6 nitrogen and oxygen atoms in total. The Kier molecular flexibility index (Phi) is 8.56. The fourth-order valence-electron chi connectivity index (χ4n) is 4.12. The molecule has 0 saturated carbocycles. The van der Waals surface area contributed by atoms with E-state index < -0.39 is 0 Å². The molecule has 7 heteroatoms. The van der Waals surface area contributed by atoms with E-state index in [4.69, 9.17) is 9.47 Å². The number of hydrogen-bond acceptors (Lipinski definition) is 5. The fraction of sp³-hybridized carbons (Fsp3) is 0.233. The number of ether oxygens (including phenoxy) is 2. The molecular weight excluding hydrogens is 530 g/mol. The summed E-state index contributed by atoms with van der Waals surface area (Å²) in [5.74, 6) is 1.90. The van der Waals surface area contributed by atoms with E-state index in [0.717, 1.165) is 21.2 Å². The first-order valence-corrected chi connectivity index (χ1v) is 13.1. The third kappa shape index (κ3) is 6.17. The van der Waals surface area contributed by atoms with Crippen LogP contribution in [0.5, 0.6) is 11.5 Å². The van der Waals surface area contributed by atoms with Crippen LogP contribution in [-0.4, -0.2) is 22.5 Å². The van der Waals surface area contributed by atoms with Crippen molar-refractivity contribution in [2.45, 2.75) is 40.2 Å². The van der Waals surface area contributed by atoms with Crippen LogP contribution in [0.3, 0.4) is 0 Å². The van der Waals surface area contributed by atoms with E-state index >= 15 is 0 Å². The number of aryl methyl sites for hydroxylation is 2. The Morgan fingerprint density at radius 3 is 2.68 bits per heavy atom. The highest BCUT2D eigenvalue weighted by atomic mass is 79.9. The van der Waals surface area contributed by atoms with E-state index in [1.54, 1.807) is 12.3 Å². The lowest BCUT2D eigenvalue weighted by Crippen LogP contribution is -2.22. The van der Waals surface area contributed by atoms with Crippen molar-refractivity contribution < 1.29 is 9.47 Å². The summed E-state index contributed by atoms with van der Waals surface area (Å²) in [5.41, 5.74) is 4.42. The third-order valence-corrected chi connectivity index (χ3v) is 6.29. The molecule has 4 rings (SSSR count). The summed E-state index contributed by atoms with van der Waals surface area (Å²) in [7, 11) is 0. The summed E-state index contributed by atoms with van der Waals surface area (Å²) in [5, 5.41) is 5.05. The Bertz CT molecular complexity index is 1530. The average molecular weight is 560 g/mol. The quantitative estimate of drug-likeness (QED) is 0.162. The van der Waals surface area contributed by atoms with Gasteiger partial charge in [-0.15, -0.1) is 6.58 Å². The predicted octanol–water partition coefficient (Wildman–Crippen LogP) is 6.62. The van der Waals surface area contributed by atoms with Gasteiger partial charge in [0, 0.05) is 16.5 Å². The number of aromatic nitrogens is 2. The topological polar surface area (TPSA) is 65.7 Å². The molecule has 37 heavy (non-hydrogen) atoms. The van der Waals surface area contributed by atoms with Gasteiger partial charge in [0.2, 0.25) is 0 Å². The fourth-order valence-corrected chi connectivity index (χ4v) is 4.48. The molecule has 0 aliphatic carbocycles. The van der Waals surface area contributed by atoms with Crippen LogP contribution in [0, 0.1) is 6.92 Å². The van der Waals surface area contributed by atoms with Crippen molar-refractivity contribution in [3.05, 3.63) is 110 Å². The number of allylic oxidation sites excluding steroid dienone is 1. The largest absolute Gasteiger partial charge is 0.490 e. The number of fused-ring (bicyclic) bond motifs is 1. The number of rotatable bonds is 10. The molecule has 0 spiro atoms. The van der Waals surface area contributed by atoms with E-state index in [-0.39, 0.29) is 5.56 Å². The zero-order valence-electron chi connectivity index (χ0n) is 21.3. The maximum Gasteiger partial charge on any atom is 0.282 e. The lowest BCUT2D eigenvalue weighted by molar-refractivity contribution is 0.267. The second-order valence-corrected chi connectivity index (χ2v) is 9.53. The molecule has 0 N–H and O–H groups in total. The van der Waals surface area contributed by atoms with Crippen LogP contribution in [-0.2, 0) is 19.4 Å². The first kappa shape index (κ1) is 26.4. The molecule has 190 valence electrons. The van der Waals surface area contributed by atoms with Crippen molar-refractivity contribution in [1.29, 1.82) is 0 Å². The highest BCUT2D eigenvalue weighted by Crippen LogP contribution is 2.34. The normalized spacial score (nSPS) is 11.2. The predicted molar refractivity (Wildman–Crippen MR) is 153 cm³/mol. The van der Waals surface area contributed by atoms with Crippen molar-refractivity contribution in [2.75, 3.05) is 6.61 Å². The second kappa shape index (κ2) is 12.0. The number of nitrogens with zero attached hydrogens (tertiary/aromatic N) is 3. The molecular formula is C30H30BrN3O3. The Labute approximate surface area is 225 Å². The third-order valence-electron chi connectivity index (χ3n) is 5.80. The van der Waals surface area contributed by atoms with Crippen LogP contribution in [0.4, 0.5) is 0 Å². The van der Waals surface area contributed by atoms with Crippen molar-refractivity contribution >= 4 is 33.0 Å². The van der Waals surface area contributed by atoms with Gasteiger partial charge in [-0.2, -0.15) is 9.78 Å². The van der Waals surface area contributed by atoms with Gasteiger partial charge in [0.15, 0.2) is 11.5 Å². The molecule has 0 amide bonds. The molecule has 0 unspecified atom stereocenters. The summed E-state index contributed by atoms with van der Waals surface area (Å²) in [6, 6.07) is 17.6. The maximum absolute atomic E-state index is 13.2. The molecule has 0 saturated heterocycles. The smallest absolute Gasteiger partial charge is 0.282 e. The first-order valence-electron chi connectivity index (χ1n) is 12.3. The van der Waals surface area contributed by atoms with Crippen molar-refractivity contribution in [3.8, 4) is 11.5 Å². The molecule has 0 aliphatic heterocycles. The van der Waals surface area contributed by atoms with Gasteiger partial charge in [0.05, 0.1) is 23.7 Å². The van der Waals surface area contributed by atoms with Gasteiger partial charge in [0.25, 0.3) is 5.56 Å². The average Bonchev–Trinajstić information content (AvgIpc) is 2.88. The maximum atomic E-state index is 13.2. The number of halogens is 1. The molecule has 0 atom stereocenters. The van der Waals surface area contributed by atoms with E-state index in [2.05, 4.69) is 51.7 Å². The zero-order chi connectivity index (χ0) is 26.4. The first-order chi connectivity index (χ1) is 17.9. The van der Waals surface area contributed by atoms with Crippen molar-refractivity contribution in [2.24, 2.45) is 5.10 Å². The second-order valence-electron chi connectivity index (χ2n) is 8.62. The molecule has 4 aromatic rings. The molecule has 0 aliphatic rings. The van der Waals surface area contributed by atoms with Crippen LogP contribution >= 0.6 is 15.9 Å². The highest BCUT2D eigenvalue weighted by Gasteiger charge is 2.14. The van der Waals surface area contributed by atoms with Gasteiger partial charge >= 0.3 is 0 Å². The highest BCUT2D eigenvalue weighted by molar-refractivity contribution is 9.10. The summed E-state index contributed by atoms with van der Waals surface area (Å²) >= 11 is 3.44. The number of hydrogen-bond donors (Lipinski definition) is 0. The lowest BCUT2D eigenvalue weighted by Gasteiger charge is -2.17. The van der Waals surface area contributed by atoms with Crippen LogP contribution in [0.15, 0.2) is 81.6 Å². The minimum atomic E-state index is -0.214. The van der Waals surface area contributed by atoms with Gasteiger partial charge in [-0.1, -0.05) is 58.8 Å². The van der Waals surface area contributed by atoms with E-state index in [0.29, 0.717) is 54.3 Å². The summed E-state index contributed by atoms with van der Waals surface area (Å²) < 4.78 is 14.4. The molecule has 0 bridgehead atoms. The van der Waals surface area contributed by atoms with Gasteiger partial charge in [-0.25, -0.2) is 4.98 Å². The molecule has 0 radical (unpaired) electrons. The summed E-state index contributed by atoms with van der Waals surface area (Å²) in [6.45, 7) is 10.8. The zero-order valence-corrected chi connectivity index (χ0v) is 22.9. The van der Waals surface area contributed by atoms with Crippen LogP contribution in [0.1, 0.15) is 41.9 Å². The van der Waals surface area contributed by atoms with Gasteiger partial charge in [0.1, 0.15) is 12.4 Å². The van der Waals surface area contributed by atoms with E-state index in [9.17, 15) is 4.79 Å². The minimum Gasteiger partial charge on any atom is -0.490 e. The van der Waals surface area contributed by atoms with Crippen LogP contribution < -0.4 is 15.0 Å². The minimum absolute atomic E-state index is 0.214. The van der Waals surface area contributed by atoms with Gasteiger partial charge < -0.3 is 9.47 Å². The Morgan fingerprint density at radius 2 is 1.95 bits per heavy atom. The van der Waals surface area contributed by atoms with Crippen LogP contribution in [0.2, 0.25) is 0 Å². The van der Waals surface area contributed by atoms with E-state index in [1.807, 2.05) is 56.3 Å². The lowest BCUT2D eigenvalue weighted by atomic mass is 10.1. The standard InChI is InChI=1S/C30H30BrN3O3/c1-5-9-23-15-22(16-27(36-7-3)29(23)37-19-21-11-8-10-20(4)14-21)18-32-34-28(6-2)33-26-13-12-24(31)17-25(26)30(34)35/h5,8,10-18H,1,6-7,9,19H2,2-4H3. The Hall–Kier alpha value is -3.71. The summed E-state index contributed by atoms with van der Waals surface area (Å²) in [6.07, 6.45) is 4.65. The van der Waals surface area contributed by atoms with Crippen molar-refractivity contribution in [1.82, 2.24) is 9.66 Å². The van der Waals surface area contributed by atoms with Crippen LogP contribution in [0.25, 0.3) is 10.9 Å². The monoisotopic (exact) mass is 559 g/mol. The molecule has 0 fully saturated rings. The number of benzene rings is 3. The SMILES string of the molecule is C=CCc1cc(C=Nn2c(CC)nc3ccc(Br)cc3c2=O)cc(OCC)c1OCc1cccc(C)c1. The summed E-state index contributed by atoms with van der Waals surface area (Å²) in [4.78, 5) is 17.9.